The van der Waals surface area contributed by atoms with Gasteiger partial charge in [-0.1, -0.05) is 41.9 Å². The van der Waals surface area contributed by atoms with E-state index in [0.29, 0.717) is 18.1 Å². The number of para-hydroxylation sites is 1. The van der Waals surface area contributed by atoms with Crippen molar-refractivity contribution < 1.29 is 9.59 Å². The third kappa shape index (κ3) is 3.59. The number of benzene rings is 2. The zero-order chi connectivity index (χ0) is 20.7. The maximum Gasteiger partial charge on any atom is 0.228 e. The van der Waals surface area contributed by atoms with Crippen LogP contribution in [0.2, 0.25) is 5.02 Å². The van der Waals surface area contributed by atoms with E-state index in [0.717, 1.165) is 40.2 Å². The number of rotatable bonds is 4. The van der Waals surface area contributed by atoms with E-state index in [1.54, 1.807) is 16.2 Å². The topological polar surface area (TPSA) is 53.5 Å². The molecule has 2 aliphatic heterocycles. The average molecular weight is 440 g/mol. The van der Waals surface area contributed by atoms with Gasteiger partial charge in [0.15, 0.2) is 0 Å². The van der Waals surface area contributed by atoms with Crippen LogP contribution < -0.4 is 0 Å². The summed E-state index contributed by atoms with van der Waals surface area (Å²) >= 11 is 7.92. The van der Waals surface area contributed by atoms with Crippen LogP contribution >= 0.6 is 22.9 Å². The molecule has 2 saturated heterocycles. The third-order valence-electron chi connectivity index (χ3n) is 6.01. The number of fused-ring (bicyclic) bond motifs is 1. The summed E-state index contributed by atoms with van der Waals surface area (Å²) in [5.74, 6) is -0.203. The van der Waals surface area contributed by atoms with Crippen LogP contribution in [0.1, 0.15) is 35.9 Å². The Kier molecular flexibility index (Phi) is 5.21. The molecule has 2 amide bonds. The molecule has 3 heterocycles. The zero-order valence-corrected chi connectivity index (χ0v) is 18.0. The van der Waals surface area contributed by atoms with Gasteiger partial charge in [0, 0.05) is 31.1 Å². The van der Waals surface area contributed by atoms with Gasteiger partial charge in [-0.15, -0.1) is 11.3 Å². The van der Waals surface area contributed by atoms with E-state index in [9.17, 15) is 9.59 Å². The Labute approximate surface area is 184 Å². The fraction of sp³-hybridized carbons (Fsp3) is 0.348. The highest BCUT2D eigenvalue weighted by Gasteiger charge is 2.41. The van der Waals surface area contributed by atoms with E-state index in [4.69, 9.17) is 16.6 Å². The number of halogens is 1. The normalized spacial score (nSPS) is 21.7. The lowest BCUT2D eigenvalue weighted by molar-refractivity contribution is -0.136. The smallest absolute Gasteiger partial charge is 0.228 e. The summed E-state index contributed by atoms with van der Waals surface area (Å²) in [4.78, 5) is 34.4. The summed E-state index contributed by atoms with van der Waals surface area (Å²) in [6, 6.07) is 15.6. The van der Waals surface area contributed by atoms with Crippen molar-refractivity contribution in [2.24, 2.45) is 5.92 Å². The van der Waals surface area contributed by atoms with Crippen LogP contribution in [-0.2, 0) is 16.1 Å². The Balaban J connectivity index is 1.31. The van der Waals surface area contributed by atoms with Gasteiger partial charge in [0.25, 0.3) is 0 Å². The number of carbonyl (C=O) groups excluding carboxylic acids is 2. The molecule has 2 unspecified atom stereocenters. The predicted octanol–water partition coefficient (Wildman–Crippen LogP) is 4.66. The molecule has 0 radical (unpaired) electrons. The van der Waals surface area contributed by atoms with Crippen molar-refractivity contribution in [3.63, 3.8) is 0 Å². The molecule has 0 spiro atoms. The summed E-state index contributed by atoms with van der Waals surface area (Å²) in [7, 11) is 0. The van der Waals surface area contributed by atoms with E-state index >= 15 is 0 Å². The lowest BCUT2D eigenvalue weighted by Gasteiger charge is -2.26. The maximum atomic E-state index is 13.4. The standard InChI is InChI=1S/C23H22ClN3O2S/c24-17-7-2-1-6-15(17)13-26-14-16(12-21(26)28)23(29)27-11-5-9-19(27)22-25-18-8-3-4-10-20(18)30-22/h1-4,6-8,10,16,19H,5,9,11-14H2. The monoisotopic (exact) mass is 439 g/mol. The molecule has 2 aromatic carbocycles. The summed E-state index contributed by atoms with van der Waals surface area (Å²) in [6.07, 6.45) is 2.16. The second-order valence-corrected chi connectivity index (χ2v) is 9.45. The minimum Gasteiger partial charge on any atom is -0.337 e. The Morgan fingerprint density at radius 1 is 1.17 bits per heavy atom. The van der Waals surface area contributed by atoms with Gasteiger partial charge in [0.1, 0.15) is 5.01 Å². The average Bonchev–Trinajstić information content (AvgIpc) is 3.47. The van der Waals surface area contributed by atoms with Gasteiger partial charge in [-0.05, 0) is 36.6 Å². The molecule has 2 fully saturated rings. The first-order chi connectivity index (χ1) is 14.6. The highest BCUT2D eigenvalue weighted by atomic mass is 35.5. The fourth-order valence-corrected chi connectivity index (χ4v) is 5.79. The largest absolute Gasteiger partial charge is 0.337 e. The molecular weight excluding hydrogens is 418 g/mol. The quantitative estimate of drug-likeness (QED) is 0.594. The molecule has 2 atom stereocenters. The van der Waals surface area contributed by atoms with Crippen LogP contribution in [0.4, 0.5) is 0 Å². The van der Waals surface area contributed by atoms with Gasteiger partial charge >= 0.3 is 0 Å². The van der Waals surface area contributed by atoms with Crippen molar-refractivity contribution in [2.75, 3.05) is 13.1 Å². The van der Waals surface area contributed by atoms with E-state index in [2.05, 4.69) is 6.07 Å². The number of likely N-dealkylation sites (tertiary alicyclic amines) is 2. The maximum absolute atomic E-state index is 13.4. The molecule has 1 aromatic heterocycles. The van der Waals surface area contributed by atoms with Crippen LogP contribution in [-0.4, -0.2) is 39.7 Å². The number of amides is 2. The molecule has 0 aliphatic carbocycles. The van der Waals surface area contributed by atoms with E-state index in [1.165, 1.54) is 0 Å². The summed E-state index contributed by atoms with van der Waals surface area (Å²) in [5, 5.41) is 1.65. The number of hydrogen-bond acceptors (Lipinski definition) is 4. The van der Waals surface area contributed by atoms with Crippen LogP contribution in [0, 0.1) is 5.92 Å². The van der Waals surface area contributed by atoms with E-state index < -0.39 is 0 Å². The summed E-state index contributed by atoms with van der Waals surface area (Å²) in [6.45, 7) is 1.63. The van der Waals surface area contributed by atoms with Crippen molar-refractivity contribution in [1.82, 2.24) is 14.8 Å². The number of hydrogen-bond donors (Lipinski definition) is 0. The number of carbonyl (C=O) groups is 2. The van der Waals surface area contributed by atoms with Gasteiger partial charge < -0.3 is 9.80 Å². The van der Waals surface area contributed by atoms with Gasteiger partial charge in [-0.2, -0.15) is 0 Å². The number of thiazole rings is 1. The van der Waals surface area contributed by atoms with Crippen LogP contribution in [0.3, 0.4) is 0 Å². The molecule has 0 N–H and O–H groups in total. The highest BCUT2D eigenvalue weighted by Crippen LogP contribution is 2.38. The van der Waals surface area contributed by atoms with Gasteiger partial charge in [0.05, 0.1) is 22.2 Å². The Morgan fingerprint density at radius 2 is 1.97 bits per heavy atom. The van der Waals surface area contributed by atoms with Crippen LogP contribution in [0.25, 0.3) is 10.2 Å². The van der Waals surface area contributed by atoms with Gasteiger partial charge in [0.2, 0.25) is 11.8 Å². The number of aromatic nitrogens is 1. The van der Waals surface area contributed by atoms with E-state index in [1.807, 2.05) is 47.4 Å². The van der Waals surface area contributed by atoms with Crippen molar-refractivity contribution >= 4 is 45.0 Å². The van der Waals surface area contributed by atoms with Gasteiger partial charge in [-0.3, -0.25) is 9.59 Å². The molecule has 30 heavy (non-hydrogen) atoms. The summed E-state index contributed by atoms with van der Waals surface area (Å²) in [5.41, 5.74) is 1.90. The van der Waals surface area contributed by atoms with Crippen LogP contribution in [0.5, 0.6) is 0 Å². The minimum atomic E-state index is -0.296. The number of nitrogens with zero attached hydrogens (tertiary/aromatic N) is 3. The second-order valence-electron chi connectivity index (χ2n) is 7.98. The Bertz CT molecular complexity index is 1080. The predicted molar refractivity (Wildman–Crippen MR) is 118 cm³/mol. The first kappa shape index (κ1) is 19.5. The molecule has 3 aromatic rings. The summed E-state index contributed by atoms with van der Waals surface area (Å²) < 4.78 is 1.15. The van der Waals surface area contributed by atoms with Crippen LogP contribution in [0.15, 0.2) is 48.5 Å². The highest BCUT2D eigenvalue weighted by molar-refractivity contribution is 7.18. The third-order valence-corrected chi connectivity index (χ3v) is 7.52. The molecular formula is C23H22ClN3O2S. The molecule has 5 rings (SSSR count). The zero-order valence-electron chi connectivity index (χ0n) is 16.5. The molecule has 5 nitrogen and oxygen atoms in total. The molecule has 0 bridgehead atoms. The first-order valence-electron chi connectivity index (χ1n) is 10.3. The Morgan fingerprint density at radius 3 is 2.80 bits per heavy atom. The van der Waals surface area contributed by atoms with Crippen molar-refractivity contribution in [2.45, 2.75) is 31.8 Å². The van der Waals surface area contributed by atoms with Crippen molar-refractivity contribution in [1.29, 1.82) is 0 Å². The molecule has 154 valence electrons. The molecule has 7 heteroatoms. The fourth-order valence-electron chi connectivity index (χ4n) is 4.48. The lowest BCUT2D eigenvalue weighted by atomic mass is 10.1. The SMILES string of the molecule is O=C1CC(C(=O)N2CCCC2c2nc3ccccc3s2)CN1Cc1ccccc1Cl. The van der Waals surface area contributed by atoms with Crippen molar-refractivity contribution in [3.05, 3.63) is 64.1 Å². The van der Waals surface area contributed by atoms with E-state index in [-0.39, 0.29) is 30.2 Å². The second kappa shape index (κ2) is 8.00. The molecule has 0 saturated carbocycles. The van der Waals surface area contributed by atoms with Crippen molar-refractivity contribution in [3.8, 4) is 0 Å². The molecule has 2 aliphatic rings. The Hall–Kier alpha value is -2.44. The van der Waals surface area contributed by atoms with Gasteiger partial charge in [-0.25, -0.2) is 4.98 Å². The minimum absolute atomic E-state index is 0.0163. The first-order valence-corrected chi connectivity index (χ1v) is 11.5. The lowest BCUT2D eigenvalue weighted by Crippen LogP contribution is -2.37.